The van der Waals surface area contributed by atoms with E-state index in [1.807, 2.05) is 0 Å². The molecule has 0 radical (unpaired) electrons. The zero-order chi connectivity index (χ0) is 43.3. The first kappa shape index (κ1) is 58.7. The van der Waals surface area contributed by atoms with E-state index in [0.717, 1.165) is 25.7 Å². The summed E-state index contributed by atoms with van der Waals surface area (Å²) in [6.07, 6.45) is 68.3. The molecule has 4 heteroatoms. The molecule has 0 amide bonds. The van der Waals surface area contributed by atoms with Gasteiger partial charge in [-0.2, -0.15) is 0 Å². The molecule has 0 aromatic rings. The van der Waals surface area contributed by atoms with Gasteiger partial charge in [-0.25, -0.2) is 9.59 Å². The maximum atomic E-state index is 11.9. The fourth-order valence-electron chi connectivity index (χ4n) is 8.71. The van der Waals surface area contributed by atoms with Crippen molar-refractivity contribution >= 4 is 11.9 Å². The molecule has 0 N–H and O–H groups in total. The van der Waals surface area contributed by atoms with Gasteiger partial charge in [0.2, 0.25) is 0 Å². The van der Waals surface area contributed by atoms with Crippen molar-refractivity contribution in [2.75, 3.05) is 13.2 Å². The third kappa shape index (κ3) is 52.8. The molecule has 0 fully saturated rings. The largest absolute Gasteiger partial charge is 0.463 e. The molecule has 0 aromatic heterocycles. The number of ether oxygens (including phenoxy) is 2. The Kier molecular flexibility index (Phi) is 52.6. The molecule has 0 aliphatic heterocycles. The minimum Gasteiger partial charge on any atom is -0.463 e. The summed E-state index contributed by atoms with van der Waals surface area (Å²) in [7, 11) is 0. The molecule has 0 aliphatic carbocycles. The van der Waals surface area contributed by atoms with Crippen LogP contribution in [0.15, 0.2) is 12.2 Å². The third-order valence-corrected chi connectivity index (χ3v) is 12.8. The van der Waals surface area contributed by atoms with Gasteiger partial charge in [-0.05, 0) is 12.8 Å². The van der Waals surface area contributed by atoms with Gasteiger partial charge in [0, 0.05) is 12.2 Å². The van der Waals surface area contributed by atoms with Crippen LogP contribution in [0.1, 0.15) is 322 Å². The van der Waals surface area contributed by atoms with Crippen molar-refractivity contribution in [3.8, 4) is 0 Å². The number of carbonyl (C=O) groups is 2. The van der Waals surface area contributed by atoms with Crippen molar-refractivity contribution in [1.29, 1.82) is 0 Å². The minimum atomic E-state index is -0.448. The summed E-state index contributed by atoms with van der Waals surface area (Å²) in [5, 5.41) is 0. The number of hydrogen-bond acceptors (Lipinski definition) is 4. The molecule has 0 aliphatic rings. The summed E-state index contributed by atoms with van der Waals surface area (Å²) < 4.78 is 10.5. The second-order valence-electron chi connectivity index (χ2n) is 18.9. The number of unbranched alkanes of at least 4 members (excludes halogenated alkanes) is 46. The Morgan fingerprint density at radius 1 is 0.233 bits per heavy atom. The predicted octanol–water partition coefficient (Wildman–Crippen LogP) is 19.4. The topological polar surface area (TPSA) is 52.6 Å². The Morgan fingerprint density at radius 2 is 0.367 bits per heavy atom. The predicted molar refractivity (Wildman–Crippen MR) is 264 cm³/mol. The molecular formula is C56H108O4. The van der Waals surface area contributed by atoms with Crippen LogP contribution in [0.25, 0.3) is 0 Å². The minimum absolute atomic E-state index is 0.428. The fourth-order valence-corrected chi connectivity index (χ4v) is 8.71. The monoisotopic (exact) mass is 845 g/mol. The van der Waals surface area contributed by atoms with E-state index in [0.29, 0.717) is 13.2 Å². The van der Waals surface area contributed by atoms with E-state index < -0.39 is 11.9 Å². The van der Waals surface area contributed by atoms with Crippen LogP contribution in [0, 0.1) is 0 Å². The second-order valence-corrected chi connectivity index (χ2v) is 18.9. The highest BCUT2D eigenvalue weighted by Crippen LogP contribution is 2.18. The molecule has 60 heavy (non-hydrogen) atoms. The second kappa shape index (κ2) is 53.8. The van der Waals surface area contributed by atoms with Gasteiger partial charge in [0.15, 0.2) is 0 Å². The molecule has 0 bridgehead atoms. The van der Waals surface area contributed by atoms with Crippen LogP contribution in [0.4, 0.5) is 0 Å². The molecule has 0 saturated carbocycles. The molecule has 0 aromatic carbocycles. The molecule has 0 spiro atoms. The maximum Gasteiger partial charge on any atom is 0.331 e. The standard InChI is InChI=1S/C56H108O4/c1-3-5-7-9-11-13-15-17-19-21-23-25-27-29-31-33-35-37-39-41-43-45-47-49-53-59-55(57)51-52-56(58)60-54-50-48-46-44-42-40-38-36-34-32-30-28-26-24-22-20-18-16-14-12-10-8-6-4-2/h51-52H,3-50,53-54H2,1-2H3. The molecule has 0 heterocycles. The lowest BCUT2D eigenvalue weighted by molar-refractivity contribution is -0.140. The van der Waals surface area contributed by atoms with Gasteiger partial charge in [0.1, 0.15) is 0 Å². The maximum absolute atomic E-state index is 11.9. The van der Waals surface area contributed by atoms with E-state index in [-0.39, 0.29) is 0 Å². The van der Waals surface area contributed by atoms with Crippen molar-refractivity contribution < 1.29 is 19.1 Å². The quantitative estimate of drug-likeness (QED) is 0.0348. The molecule has 0 rings (SSSR count). The molecule has 0 saturated heterocycles. The number of esters is 2. The lowest BCUT2D eigenvalue weighted by atomic mass is 10.0. The van der Waals surface area contributed by atoms with Crippen LogP contribution in [-0.4, -0.2) is 25.2 Å². The molecule has 4 nitrogen and oxygen atoms in total. The Balaban J connectivity index is 3.27. The summed E-state index contributed by atoms with van der Waals surface area (Å²) >= 11 is 0. The third-order valence-electron chi connectivity index (χ3n) is 12.8. The van der Waals surface area contributed by atoms with Crippen LogP contribution >= 0.6 is 0 Å². The van der Waals surface area contributed by atoms with E-state index in [2.05, 4.69) is 13.8 Å². The normalized spacial score (nSPS) is 11.6. The van der Waals surface area contributed by atoms with Crippen molar-refractivity contribution in [3.63, 3.8) is 0 Å². The zero-order valence-electron chi connectivity index (χ0n) is 41.1. The van der Waals surface area contributed by atoms with Gasteiger partial charge in [0.05, 0.1) is 13.2 Å². The Morgan fingerprint density at radius 3 is 0.517 bits per heavy atom. The summed E-state index contributed by atoms with van der Waals surface area (Å²) in [4.78, 5) is 23.9. The molecular weight excluding hydrogens is 737 g/mol. The Labute approximate surface area is 377 Å². The van der Waals surface area contributed by atoms with E-state index in [1.165, 1.54) is 295 Å². The van der Waals surface area contributed by atoms with E-state index in [4.69, 9.17) is 9.47 Å². The van der Waals surface area contributed by atoms with Crippen LogP contribution in [-0.2, 0) is 19.1 Å². The van der Waals surface area contributed by atoms with Gasteiger partial charge in [-0.1, -0.05) is 309 Å². The van der Waals surface area contributed by atoms with Crippen LogP contribution in [0.2, 0.25) is 0 Å². The summed E-state index contributed by atoms with van der Waals surface area (Å²) in [6, 6.07) is 0. The first-order valence-electron chi connectivity index (χ1n) is 27.7. The van der Waals surface area contributed by atoms with E-state index in [1.54, 1.807) is 0 Å². The number of rotatable bonds is 52. The Bertz CT molecular complexity index is 784. The zero-order valence-corrected chi connectivity index (χ0v) is 41.1. The number of carbonyl (C=O) groups excluding carboxylic acids is 2. The molecule has 0 unspecified atom stereocenters. The highest BCUT2D eigenvalue weighted by atomic mass is 16.5. The first-order chi connectivity index (χ1) is 29.7. The van der Waals surface area contributed by atoms with E-state index >= 15 is 0 Å². The smallest absolute Gasteiger partial charge is 0.331 e. The molecule has 0 atom stereocenters. The average Bonchev–Trinajstić information content (AvgIpc) is 3.25. The van der Waals surface area contributed by atoms with Gasteiger partial charge in [0.25, 0.3) is 0 Å². The van der Waals surface area contributed by atoms with Gasteiger partial charge in [-0.3, -0.25) is 0 Å². The van der Waals surface area contributed by atoms with Crippen molar-refractivity contribution in [2.24, 2.45) is 0 Å². The van der Waals surface area contributed by atoms with Crippen molar-refractivity contribution in [1.82, 2.24) is 0 Å². The number of hydrogen-bond donors (Lipinski definition) is 0. The highest BCUT2D eigenvalue weighted by Gasteiger charge is 2.03. The van der Waals surface area contributed by atoms with Crippen molar-refractivity contribution in [3.05, 3.63) is 12.2 Å². The molecule has 356 valence electrons. The highest BCUT2D eigenvalue weighted by molar-refractivity contribution is 5.91. The van der Waals surface area contributed by atoms with Gasteiger partial charge < -0.3 is 9.47 Å². The summed E-state index contributed by atoms with van der Waals surface area (Å²) in [5.74, 6) is -0.897. The summed E-state index contributed by atoms with van der Waals surface area (Å²) in [6.45, 7) is 5.45. The van der Waals surface area contributed by atoms with Crippen molar-refractivity contribution in [2.45, 2.75) is 322 Å². The fraction of sp³-hybridized carbons (Fsp3) is 0.929. The van der Waals surface area contributed by atoms with Crippen LogP contribution in [0.5, 0.6) is 0 Å². The van der Waals surface area contributed by atoms with Crippen LogP contribution < -0.4 is 0 Å². The van der Waals surface area contributed by atoms with E-state index in [9.17, 15) is 9.59 Å². The average molecular weight is 845 g/mol. The van der Waals surface area contributed by atoms with Gasteiger partial charge in [-0.15, -0.1) is 0 Å². The lowest BCUT2D eigenvalue weighted by Gasteiger charge is -2.05. The lowest BCUT2D eigenvalue weighted by Crippen LogP contribution is -2.06. The first-order valence-corrected chi connectivity index (χ1v) is 27.7. The summed E-state index contributed by atoms with van der Waals surface area (Å²) in [5.41, 5.74) is 0. The Hall–Kier alpha value is -1.32. The SMILES string of the molecule is CCCCCCCCCCCCCCCCCCCCCCCCCCOC(=O)C=CC(=O)OCCCCCCCCCCCCCCCCCCCCCCCCCC. The van der Waals surface area contributed by atoms with Crippen LogP contribution in [0.3, 0.4) is 0 Å². The van der Waals surface area contributed by atoms with Gasteiger partial charge >= 0.3 is 11.9 Å².